The van der Waals surface area contributed by atoms with Crippen molar-refractivity contribution in [1.82, 2.24) is 20.3 Å². The van der Waals surface area contributed by atoms with Gasteiger partial charge in [-0.15, -0.1) is 9.89 Å². The summed E-state index contributed by atoms with van der Waals surface area (Å²) >= 11 is 0. The Bertz CT molecular complexity index is 593. The van der Waals surface area contributed by atoms with Crippen LogP contribution in [0.5, 0.6) is 0 Å². The zero-order valence-electron chi connectivity index (χ0n) is 10.2. The molecule has 0 atom stereocenters. The van der Waals surface area contributed by atoms with Gasteiger partial charge in [-0.25, -0.2) is 0 Å². The molecule has 96 valence electrons. The summed E-state index contributed by atoms with van der Waals surface area (Å²) in [6.45, 7) is 2.86. The summed E-state index contributed by atoms with van der Waals surface area (Å²) in [6.07, 6.45) is 0. The number of aromatic nitrogens is 4. The highest BCUT2D eigenvalue weighted by molar-refractivity contribution is 5.56. The number of hydrogen-bond acceptors (Lipinski definition) is 6. The number of hydrogen-bond donors (Lipinski definition) is 0. The Labute approximate surface area is 110 Å². The van der Waals surface area contributed by atoms with Crippen LogP contribution in [-0.4, -0.2) is 46.6 Å². The zero-order chi connectivity index (χ0) is 13.1. The SMILES string of the molecule is N#Cc1ccc(-c2nnnn2N2CCOCC2)cc1. The van der Waals surface area contributed by atoms with Gasteiger partial charge in [-0.3, -0.25) is 5.01 Å². The molecule has 1 saturated heterocycles. The summed E-state index contributed by atoms with van der Waals surface area (Å²) < 4.78 is 5.31. The Kier molecular flexibility index (Phi) is 3.08. The lowest BCUT2D eigenvalue weighted by Crippen LogP contribution is -2.45. The molecule has 1 aliphatic rings. The molecule has 0 bridgehead atoms. The van der Waals surface area contributed by atoms with Gasteiger partial charge < -0.3 is 4.74 Å². The third kappa shape index (κ3) is 2.26. The molecule has 7 nitrogen and oxygen atoms in total. The van der Waals surface area contributed by atoms with Gasteiger partial charge in [0, 0.05) is 5.56 Å². The van der Waals surface area contributed by atoms with E-state index in [9.17, 15) is 0 Å². The van der Waals surface area contributed by atoms with Crippen LogP contribution in [0.15, 0.2) is 24.3 Å². The van der Waals surface area contributed by atoms with Crippen LogP contribution in [-0.2, 0) is 4.74 Å². The van der Waals surface area contributed by atoms with E-state index in [4.69, 9.17) is 10.00 Å². The van der Waals surface area contributed by atoms with Crippen molar-refractivity contribution in [2.75, 3.05) is 31.3 Å². The molecule has 0 spiro atoms. The smallest absolute Gasteiger partial charge is 0.204 e. The molecule has 2 aromatic rings. The molecule has 0 aliphatic carbocycles. The number of morpholine rings is 1. The second-order valence-electron chi connectivity index (χ2n) is 4.15. The van der Waals surface area contributed by atoms with Crippen LogP contribution in [0.4, 0.5) is 0 Å². The van der Waals surface area contributed by atoms with Crippen molar-refractivity contribution in [1.29, 1.82) is 5.26 Å². The summed E-state index contributed by atoms with van der Waals surface area (Å²) in [7, 11) is 0. The van der Waals surface area contributed by atoms with Gasteiger partial charge >= 0.3 is 0 Å². The minimum Gasteiger partial charge on any atom is -0.378 e. The second-order valence-corrected chi connectivity index (χ2v) is 4.15. The van der Waals surface area contributed by atoms with Gasteiger partial charge in [0.15, 0.2) is 0 Å². The molecule has 1 aliphatic heterocycles. The van der Waals surface area contributed by atoms with Crippen LogP contribution in [0.25, 0.3) is 11.4 Å². The van der Waals surface area contributed by atoms with E-state index in [1.54, 1.807) is 16.9 Å². The molecule has 19 heavy (non-hydrogen) atoms. The molecular weight excluding hydrogens is 244 g/mol. The van der Waals surface area contributed by atoms with E-state index >= 15 is 0 Å². The first kappa shape index (κ1) is 11.6. The summed E-state index contributed by atoms with van der Waals surface area (Å²) in [5, 5.41) is 22.6. The maximum absolute atomic E-state index is 8.80. The number of benzene rings is 1. The monoisotopic (exact) mass is 256 g/mol. The molecule has 1 aromatic carbocycles. The fourth-order valence-corrected chi connectivity index (χ4v) is 1.98. The highest BCUT2D eigenvalue weighted by Gasteiger charge is 2.17. The normalized spacial score (nSPS) is 15.2. The van der Waals surface area contributed by atoms with Gasteiger partial charge in [0.1, 0.15) is 0 Å². The van der Waals surface area contributed by atoms with Crippen molar-refractivity contribution in [2.45, 2.75) is 0 Å². The summed E-state index contributed by atoms with van der Waals surface area (Å²) in [6, 6.07) is 9.30. The van der Waals surface area contributed by atoms with Crippen molar-refractivity contribution in [2.24, 2.45) is 0 Å². The lowest BCUT2D eigenvalue weighted by Gasteiger charge is -2.28. The molecule has 1 aromatic heterocycles. The quantitative estimate of drug-likeness (QED) is 0.762. The highest BCUT2D eigenvalue weighted by Crippen LogP contribution is 2.16. The summed E-state index contributed by atoms with van der Waals surface area (Å²) in [5.74, 6) is 0.673. The molecule has 0 N–H and O–H groups in total. The van der Waals surface area contributed by atoms with Crippen molar-refractivity contribution in [3.8, 4) is 17.5 Å². The Morgan fingerprint density at radius 3 is 2.58 bits per heavy atom. The number of tetrazole rings is 1. The first-order valence-corrected chi connectivity index (χ1v) is 6.00. The van der Waals surface area contributed by atoms with E-state index in [1.165, 1.54) is 0 Å². The standard InChI is InChI=1S/C12H12N6O/c13-9-10-1-3-11(4-2-10)12-14-15-16-18(12)17-5-7-19-8-6-17/h1-4H,5-8H2. The largest absolute Gasteiger partial charge is 0.378 e. The maximum atomic E-state index is 8.80. The molecule has 3 rings (SSSR count). The molecule has 0 amide bonds. The first-order valence-electron chi connectivity index (χ1n) is 6.00. The molecule has 0 radical (unpaired) electrons. The topological polar surface area (TPSA) is 79.9 Å². The number of nitrogens with zero attached hydrogens (tertiary/aromatic N) is 6. The number of rotatable bonds is 2. The van der Waals surface area contributed by atoms with E-state index in [0.717, 1.165) is 18.7 Å². The molecular formula is C12H12N6O. The van der Waals surface area contributed by atoms with Gasteiger partial charge in [0.2, 0.25) is 5.82 Å². The molecule has 2 heterocycles. The summed E-state index contributed by atoms with van der Waals surface area (Å²) in [4.78, 5) is 1.70. The van der Waals surface area contributed by atoms with E-state index in [0.29, 0.717) is 24.6 Å². The fourth-order valence-electron chi connectivity index (χ4n) is 1.98. The van der Waals surface area contributed by atoms with Crippen molar-refractivity contribution in [3.63, 3.8) is 0 Å². The van der Waals surface area contributed by atoms with Gasteiger partial charge in [0.25, 0.3) is 0 Å². The fraction of sp³-hybridized carbons (Fsp3) is 0.333. The highest BCUT2D eigenvalue weighted by atomic mass is 16.5. The van der Waals surface area contributed by atoms with Crippen LogP contribution in [0, 0.1) is 11.3 Å². The van der Waals surface area contributed by atoms with Crippen LogP contribution in [0.1, 0.15) is 5.56 Å². The Morgan fingerprint density at radius 2 is 1.89 bits per heavy atom. The van der Waals surface area contributed by atoms with Gasteiger partial charge in [0.05, 0.1) is 37.9 Å². The lowest BCUT2D eigenvalue weighted by molar-refractivity contribution is 0.109. The predicted molar refractivity (Wildman–Crippen MR) is 66.7 cm³/mol. The van der Waals surface area contributed by atoms with Crippen LogP contribution >= 0.6 is 0 Å². The lowest BCUT2D eigenvalue weighted by atomic mass is 10.1. The Hall–Kier alpha value is -2.46. The minimum atomic E-state index is 0.620. The molecule has 1 fully saturated rings. The Morgan fingerprint density at radius 1 is 1.16 bits per heavy atom. The third-order valence-corrected chi connectivity index (χ3v) is 2.98. The molecule has 0 unspecified atom stereocenters. The van der Waals surface area contributed by atoms with Gasteiger partial charge in [-0.2, -0.15) is 5.26 Å². The van der Waals surface area contributed by atoms with Crippen LogP contribution in [0.3, 0.4) is 0 Å². The average Bonchev–Trinajstić information content (AvgIpc) is 2.98. The zero-order valence-corrected chi connectivity index (χ0v) is 10.2. The van der Waals surface area contributed by atoms with E-state index in [1.807, 2.05) is 17.1 Å². The van der Waals surface area contributed by atoms with Crippen molar-refractivity contribution < 1.29 is 4.74 Å². The van der Waals surface area contributed by atoms with Gasteiger partial charge in [-0.05, 0) is 34.7 Å². The Balaban J connectivity index is 1.92. The van der Waals surface area contributed by atoms with Gasteiger partial charge in [-0.1, -0.05) is 0 Å². The third-order valence-electron chi connectivity index (χ3n) is 2.98. The predicted octanol–water partition coefficient (Wildman–Crippen LogP) is 0.180. The minimum absolute atomic E-state index is 0.620. The van der Waals surface area contributed by atoms with Crippen LogP contribution < -0.4 is 5.01 Å². The molecule has 0 saturated carbocycles. The second kappa shape index (κ2) is 5.04. The van der Waals surface area contributed by atoms with E-state index in [2.05, 4.69) is 21.6 Å². The van der Waals surface area contributed by atoms with Crippen molar-refractivity contribution in [3.05, 3.63) is 29.8 Å². The molecule has 7 heteroatoms. The number of nitriles is 1. The average molecular weight is 256 g/mol. The maximum Gasteiger partial charge on any atom is 0.204 e. The van der Waals surface area contributed by atoms with Crippen LogP contribution in [0.2, 0.25) is 0 Å². The summed E-state index contributed by atoms with van der Waals surface area (Å²) in [5.41, 5.74) is 1.50. The van der Waals surface area contributed by atoms with E-state index < -0.39 is 0 Å². The first-order chi connectivity index (χ1) is 9.38. The van der Waals surface area contributed by atoms with E-state index in [-0.39, 0.29) is 0 Å². The van der Waals surface area contributed by atoms with Crippen molar-refractivity contribution >= 4 is 0 Å². The number of ether oxygens (including phenoxy) is 1.